The summed E-state index contributed by atoms with van der Waals surface area (Å²) in [5, 5.41) is 13.6. The number of carbonyl (C=O) groups is 2. The van der Waals surface area contributed by atoms with E-state index in [0.29, 0.717) is 54.4 Å². The molecule has 36 heavy (non-hydrogen) atoms. The molecule has 0 fully saturated rings. The number of benzene rings is 3. The summed E-state index contributed by atoms with van der Waals surface area (Å²) < 4.78 is 10.6. The van der Waals surface area contributed by atoms with Crippen molar-refractivity contribution in [2.24, 2.45) is 5.73 Å². The zero-order chi connectivity index (χ0) is 26.1. The fourth-order valence-electron chi connectivity index (χ4n) is 3.59. The average molecular weight is 493 g/mol. The van der Waals surface area contributed by atoms with Crippen molar-refractivity contribution in [3.05, 3.63) is 93.5 Å². The maximum atomic E-state index is 13.3. The summed E-state index contributed by atoms with van der Waals surface area (Å²) >= 11 is 0. The number of amides is 2. The smallest absolute Gasteiger partial charge is 0.269 e. The van der Waals surface area contributed by atoms with Crippen LogP contribution in [-0.2, 0) is 6.54 Å². The molecule has 0 aliphatic carbocycles. The van der Waals surface area contributed by atoms with Gasteiger partial charge < -0.3 is 25.4 Å². The summed E-state index contributed by atoms with van der Waals surface area (Å²) in [6, 6.07) is 17.5. The third kappa shape index (κ3) is 6.57. The van der Waals surface area contributed by atoms with Crippen molar-refractivity contribution in [1.29, 1.82) is 0 Å². The van der Waals surface area contributed by atoms with Gasteiger partial charge in [-0.1, -0.05) is 12.1 Å². The van der Waals surface area contributed by atoms with Gasteiger partial charge in [-0.2, -0.15) is 0 Å². The predicted molar refractivity (Wildman–Crippen MR) is 135 cm³/mol. The summed E-state index contributed by atoms with van der Waals surface area (Å²) in [5.74, 6) is 0.394. The van der Waals surface area contributed by atoms with E-state index in [1.807, 2.05) is 6.07 Å². The number of non-ortho nitro benzene ring substituents is 1. The molecule has 2 amide bonds. The van der Waals surface area contributed by atoms with Crippen LogP contribution in [-0.4, -0.2) is 48.9 Å². The van der Waals surface area contributed by atoms with Gasteiger partial charge in [-0.15, -0.1) is 0 Å². The predicted octanol–water partition coefficient (Wildman–Crippen LogP) is 3.86. The summed E-state index contributed by atoms with van der Waals surface area (Å²) in [6.07, 6.45) is 0.621. The molecule has 188 valence electrons. The van der Waals surface area contributed by atoms with Gasteiger partial charge in [-0.25, -0.2) is 0 Å². The van der Waals surface area contributed by atoms with Crippen molar-refractivity contribution in [3.63, 3.8) is 0 Å². The molecule has 0 unspecified atom stereocenters. The second kappa shape index (κ2) is 12.3. The number of nitrogens with two attached hydrogens (primary N) is 1. The lowest BCUT2D eigenvalue weighted by molar-refractivity contribution is -0.384. The number of anilines is 1. The van der Waals surface area contributed by atoms with Gasteiger partial charge in [0.05, 0.1) is 19.1 Å². The first-order valence-corrected chi connectivity index (χ1v) is 11.2. The Labute approximate surface area is 208 Å². The first kappa shape index (κ1) is 26.2. The quantitative estimate of drug-likeness (QED) is 0.306. The van der Waals surface area contributed by atoms with Gasteiger partial charge in [0.1, 0.15) is 0 Å². The number of nitrogens with one attached hydrogen (secondary N) is 1. The standard InChI is InChI=1S/C26H28N4O6/c1-35-23-12-9-20(16-24(23)36-2)26(32)29(14-4-13-27)17-18-5-3-6-21(15-18)28-25(31)19-7-10-22(11-8-19)30(33)34/h3,5-12,15-16H,4,13-14,17,27H2,1-2H3,(H,28,31). The van der Waals surface area contributed by atoms with Gasteiger partial charge in [0.25, 0.3) is 17.5 Å². The van der Waals surface area contributed by atoms with E-state index >= 15 is 0 Å². The van der Waals surface area contributed by atoms with Gasteiger partial charge >= 0.3 is 0 Å². The zero-order valence-electron chi connectivity index (χ0n) is 20.1. The molecule has 10 nitrogen and oxygen atoms in total. The van der Waals surface area contributed by atoms with E-state index < -0.39 is 10.8 Å². The zero-order valence-corrected chi connectivity index (χ0v) is 20.1. The normalized spacial score (nSPS) is 10.4. The molecule has 3 aromatic rings. The fraction of sp³-hybridized carbons (Fsp3) is 0.231. The molecule has 3 N–H and O–H groups in total. The van der Waals surface area contributed by atoms with Crippen LogP contribution in [0.4, 0.5) is 11.4 Å². The number of methoxy groups -OCH3 is 2. The largest absolute Gasteiger partial charge is 0.493 e. The van der Waals surface area contributed by atoms with Crippen molar-refractivity contribution in [1.82, 2.24) is 4.90 Å². The lowest BCUT2D eigenvalue weighted by Crippen LogP contribution is -2.32. The highest BCUT2D eigenvalue weighted by atomic mass is 16.6. The van der Waals surface area contributed by atoms with Crippen LogP contribution < -0.4 is 20.5 Å². The van der Waals surface area contributed by atoms with E-state index in [9.17, 15) is 19.7 Å². The van der Waals surface area contributed by atoms with Crippen LogP contribution in [0.25, 0.3) is 0 Å². The van der Waals surface area contributed by atoms with Crippen LogP contribution in [0.5, 0.6) is 11.5 Å². The molecule has 0 atom stereocenters. The summed E-state index contributed by atoms with van der Waals surface area (Å²) in [5.41, 5.74) is 7.69. The minimum atomic E-state index is -0.523. The summed E-state index contributed by atoms with van der Waals surface area (Å²) in [7, 11) is 3.04. The second-order valence-corrected chi connectivity index (χ2v) is 7.90. The first-order chi connectivity index (χ1) is 17.4. The van der Waals surface area contributed by atoms with E-state index in [-0.39, 0.29) is 11.6 Å². The Balaban J connectivity index is 1.76. The van der Waals surface area contributed by atoms with Gasteiger partial charge in [0.15, 0.2) is 11.5 Å². The lowest BCUT2D eigenvalue weighted by atomic mass is 10.1. The average Bonchev–Trinajstić information content (AvgIpc) is 2.90. The van der Waals surface area contributed by atoms with Crippen LogP contribution in [0.3, 0.4) is 0 Å². The van der Waals surface area contributed by atoms with E-state index in [1.54, 1.807) is 41.3 Å². The van der Waals surface area contributed by atoms with Crippen molar-refractivity contribution >= 4 is 23.2 Å². The molecular formula is C26H28N4O6. The number of hydrogen-bond donors (Lipinski definition) is 2. The second-order valence-electron chi connectivity index (χ2n) is 7.90. The van der Waals surface area contributed by atoms with E-state index in [1.165, 1.54) is 38.5 Å². The first-order valence-electron chi connectivity index (χ1n) is 11.2. The monoisotopic (exact) mass is 492 g/mol. The molecule has 0 aromatic heterocycles. The van der Waals surface area contributed by atoms with Gasteiger partial charge in [0.2, 0.25) is 0 Å². The minimum absolute atomic E-state index is 0.0923. The highest BCUT2D eigenvalue weighted by Gasteiger charge is 2.18. The Morgan fingerprint density at radius 3 is 2.31 bits per heavy atom. The SMILES string of the molecule is COc1ccc(C(=O)N(CCCN)Cc2cccc(NC(=O)c3ccc([N+](=O)[O-])cc3)c2)cc1OC. The van der Waals surface area contributed by atoms with Gasteiger partial charge in [0, 0.05) is 42.0 Å². The molecule has 0 bridgehead atoms. The van der Waals surface area contributed by atoms with Crippen LogP contribution in [0.1, 0.15) is 32.7 Å². The number of rotatable bonds is 11. The minimum Gasteiger partial charge on any atom is -0.493 e. The molecule has 3 rings (SSSR count). The lowest BCUT2D eigenvalue weighted by Gasteiger charge is -2.23. The number of nitrogens with zero attached hydrogens (tertiary/aromatic N) is 2. The topological polar surface area (TPSA) is 137 Å². The Bertz CT molecular complexity index is 1230. The van der Waals surface area contributed by atoms with E-state index in [4.69, 9.17) is 15.2 Å². The third-order valence-electron chi connectivity index (χ3n) is 5.45. The van der Waals surface area contributed by atoms with Crippen molar-refractivity contribution in [2.45, 2.75) is 13.0 Å². The third-order valence-corrected chi connectivity index (χ3v) is 5.45. The van der Waals surface area contributed by atoms with Gasteiger partial charge in [-0.05, 0) is 61.0 Å². The summed E-state index contributed by atoms with van der Waals surface area (Å²) in [4.78, 5) is 37.9. The summed E-state index contributed by atoms with van der Waals surface area (Å²) in [6.45, 7) is 1.18. The number of nitro groups is 1. The molecule has 0 aliphatic heterocycles. The van der Waals surface area contributed by atoms with Crippen molar-refractivity contribution in [3.8, 4) is 11.5 Å². The maximum Gasteiger partial charge on any atom is 0.269 e. The fourth-order valence-corrected chi connectivity index (χ4v) is 3.59. The molecule has 0 aliphatic rings. The Hall–Kier alpha value is -4.44. The number of ether oxygens (including phenoxy) is 2. The number of hydrogen-bond acceptors (Lipinski definition) is 7. The van der Waals surface area contributed by atoms with Crippen LogP contribution in [0.2, 0.25) is 0 Å². The number of carbonyl (C=O) groups excluding carboxylic acids is 2. The molecule has 0 heterocycles. The molecule has 0 spiro atoms. The molecular weight excluding hydrogens is 464 g/mol. The maximum absolute atomic E-state index is 13.3. The van der Waals surface area contributed by atoms with Crippen LogP contribution in [0.15, 0.2) is 66.7 Å². The Kier molecular flexibility index (Phi) is 8.95. The molecule has 0 radical (unpaired) electrons. The molecule has 0 saturated carbocycles. The van der Waals surface area contributed by atoms with Crippen LogP contribution in [0, 0.1) is 10.1 Å². The van der Waals surface area contributed by atoms with Crippen LogP contribution >= 0.6 is 0 Å². The van der Waals surface area contributed by atoms with Crippen molar-refractivity contribution in [2.75, 3.05) is 32.6 Å². The van der Waals surface area contributed by atoms with Crippen molar-refractivity contribution < 1.29 is 24.0 Å². The molecule has 10 heteroatoms. The number of nitro benzene ring substituents is 1. The highest BCUT2D eigenvalue weighted by molar-refractivity contribution is 6.04. The van der Waals surface area contributed by atoms with Gasteiger partial charge in [-0.3, -0.25) is 19.7 Å². The highest BCUT2D eigenvalue weighted by Crippen LogP contribution is 2.28. The Morgan fingerprint density at radius 1 is 0.972 bits per heavy atom. The van der Waals surface area contributed by atoms with E-state index in [2.05, 4.69) is 5.32 Å². The Morgan fingerprint density at radius 2 is 1.67 bits per heavy atom. The molecule has 3 aromatic carbocycles. The molecule has 0 saturated heterocycles. The van der Waals surface area contributed by atoms with E-state index in [0.717, 1.165) is 5.56 Å².